The highest BCUT2D eigenvalue weighted by Gasteiger charge is 2.19. The number of carbonyl (C=O) groups excluding carboxylic acids is 4. The van der Waals surface area contributed by atoms with Crippen LogP contribution in [-0.2, 0) is 14.3 Å². The van der Waals surface area contributed by atoms with Crippen LogP contribution in [0.25, 0.3) is 0 Å². The Balaban J connectivity index is 1.83. The third kappa shape index (κ3) is 7.26. The first-order valence-electron chi connectivity index (χ1n) is 8.57. The number of hydrogen-bond donors (Lipinski definition) is 4. The second-order valence-electron chi connectivity index (χ2n) is 5.96. The van der Waals surface area contributed by atoms with Crippen LogP contribution in [0.1, 0.15) is 28.4 Å². The Hall–Kier alpha value is -3.30. The number of rotatable bonds is 7. The molecule has 4 amide bonds. The standard InChI is InChI=1S/C19H18Cl2N4O5/c20-12-7-5-11(6-8-12)15(23-19(22)29)9-17(27)30-10-16(26)24-25-18(28)13-3-1-2-4-14(13)21/h1-8,15H,9-10H2,(H,24,26)(H,25,28)(H3,22,23,29). The number of hydrazine groups is 1. The van der Waals surface area contributed by atoms with E-state index in [1.807, 2.05) is 0 Å². The normalized spacial score (nSPS) is 11.1. The average Bonchev–Trinajstić information content (AvgIpc) is 2.70. The lowest BCUT2D eigenvalue weighted by Gasteiger charge is -2.17. The van der Waals surface area contributed by atoms with Gasteiger partial charge in [-0.05, 0) is 29.8 Å². The third-order valence-corrected chi connectivity index (χ3v) is 4.34. The molecule has 0 aromatic heterocycles. The fourth-order valence-electron chi connectivity index (χ4n) is 2.37. The molecule has 5 N–H and O–H groups in total. The van der Waals surface area contributed by atoms with E-state index in [1.165, 1.54) is 12.1 Å². The molecule has 0 aliphatic rings. The van der Waals surface area contributed by atoms with E-state index in [0.717, 1.165) is 0 Å². The van der Waals surface area contributed by atoms with Crippen LogP contribution in [0.3, 0.4) is 0 Å². The molecule has 0 saturated carbocycles. The largest absolute Gasteiger partial charge is 0.455 e. The van der Waals surface area contributed by atoms with Crippen molar-refractivity contribution in [3.8, 4) is 0 Å². The first-order valence-corrected chi connectivity index (χ1v) is 9.32. The van der Waals surface area contributed by atoms with E-state index in [2.05, 4.69) is 16.2 Å². The van der Waals surface area contributed by atoms with Crippen LogP contribution in [-0.4, -0.2) is 30.4 Å². The molecule has 158 valence electrons. The quantitative estimate of drug-likeness (QED) is 0.376. The number of esters is 1. The summed E-state index contributed by atoms with van der Waals surface area (Å²) in [4.78, 5) is 47.0. The van der Waals surface area contributed by atoms with Gasteiger partial charge in [0.15, 0.2) is 6.61 Å². The monoisotopic (exact) mass is 452 g/mol. The SMILES string of the molecule is NC(=O)NC(CC(=O)OCC(=O)NNC(=O)c1ccccc1Cl)c1ccc(Cl)cc1. The van der Waals surface area contributed by atoms with Crippen LogP contribution in [0.5, 0.6) is 0 Å². The van der Waals surface area contributed by atoms with Crippen molar-refractivity contribution in [2.24, 2.45) is 5.73 Å². The molecule has 0 saturated heterocycles. The van der Waals surface area contributed by atoms with Crippen LogP contribution < -0.4 is 21.9 Å². The number of hydrogen-bond acceptors (Lipinski definition) is 5. The summed E-state index contributed by atoms with van der Waals surface area (Å²) in [5, 5.41) is 3.12. The second-order valence-corrected chi connectivity index (χ2v) is 6.80. The summed E-state index contributed by atoms with van der Waals surface area (Å²) < 4.78 is 4.88. The Morgan fingerprint density at radius 1 is 0.967 bits per heavy atom. The molecule has 0 spiro atoms. The fourth-order valence-corrected chi connectivity index (χ4v) is 2.71. The molecule has 2 rings (SSSR count). The number of carbonyl (C=O) groups is 4. The van der Waals surface area contributed by atoms with E-state index in [-0.39, 0.29) is 17.0 Å². The lowest BCUT2D eigenvalue weighted by molar-refractivity contribution is -0.149. The molecule has 2 aromatic carbocycles. The number of primary amides is 1. The van der Waals surface area contributed by atoms with Crippen molar-refractivity contribution in [1.29, 1.82) is 0 Å². The number of halogens is 2. The van der Waals surface area contributed by atoms with Gasteiger partial charge in [-0.1, -0.05) is 47.5 Å². The van der Waals surface area contributed by atoms with E-state index in [4.69, 9.17) is 33.7 Å². The maximum atomic E-state index is 12.1. The van der Waals surface area contributed by atoms with Crippen LogP contribution in [0.4, 0.5) is 4.79 Å². The topological polar surface area (TPSA) is 140 Å². The predicted molar refractivity (Wildman–Crippen MR) is 110 cm³/mol. The molecule has 0 aliphatic carbocycles. The van der Waals surface area contributed by atoms with Gasteiger partial charge in [0.25, 0.3) is 11.8 Å². The van der Waals surface area contributed by atoms with E-state index in [9.17, 15) is 19.2 Å². The minimum atomic E-state index is -0.831. The van der Waals surface area contributed by atoms with Gasteiger partial charge >= 0.3 is 12.0 Å². The van der Waals surface area contributed by atoms with Crippen LogP contribution in [0.15, 0.2) is 48.5 Å². The summed E-state index contributed by atoms with van der Waals surface area (Å²) in [6.07, 6.45) is -0.274. The van der Waals surface area contributed by atoms with Crippen LogP contribution >= 0.6 is 23.2 Å². The molecule has 11 heteroatoms. The minimum Gasteiger partial charge on any atom is -0.455 e. The summed E-state index contributed by atoms with van der Waals surface area (Å²) in [5.74, 6) is -2.17. The first kappa shape index (κ1) is 23.0. The van der Waals surface area contributed by atoms with E-state index in [1.54, 1.807) is 36.4 Å². The second kappa shape index (κ2) is 11.0. The Morgan fingerprint density at radius 3 is 2.27 bits per heavy atom. The summed E-state index contributed by atoms with van der Waals surface area (Å²) in [6, 6.07) is 11.1. The highest BCUT2D eigenvalue weighted by atomic mass is 35.5. The molecule has 1 unspecified atom stereocenters. The highest BCUT2D eigenvalue weighted by molar-refractivity contribution is 6.33. The zero-order chi connectivity index (χ0) is 22.1. The molecule has 0 bridgehead atoms. The Bertz CT molecular complexity index is 937. The third-order valence-electron chi connectivity index (χ3n) is 3.76. The van der Waals surface area contributed by atoms with Crippen molar-refractivity contribution >= 4 is 47.0 Å². The summed E-state index contributed by atoms with van der Waals surface area (Å²) in [6.45, 7) is -0.647. The van der Waals surface area contributed by atoms with Crippen molar-refractivity contribution in [3.63, 3.8) is 0 Å². The molecule has 0 radical (unpaired) electrons. The Morgan fingerprint density at radius 2 is 1.63 bits per heavy atom. The lowest BCUT2D eigenvalue weighted by Crippen LogP contribution is -2.43. The zero-order valence-electron chi connectivity index (χ0n) is 15.5. The molecule has 1 atom stereocenters. The molecule has 2 aromatic rings. The van der Waals surface area contributed by atoms with Gasteiger partial charge in [-0.25, -0.2) is 4.79 Å². The van der Waals surface area contributed by atoms with Gasteiger partial charge in [-0.2, -0.15) is 0 Å². The van der Waals surface area contributed by atoms with Gasteiger partial charge in [0.05, 0.1) is 23.0 Å². The molecule has 30 heavy (non-hydrogen) atoms. The van der Waals surface area contributed by atoms with E-state index < -0.39 is 36.5 Å². The van der Waals surface area contributed by atoms with E-state index in [0.29, 0.717) is 10.6 Å². The maximum Gasteiger partial charge on any atom is 0.312 e. The van der Waals surface area contributed by atoms with Crippen LogP contribution in [0.2, 0.25) is 10.0 Å². The molecule has 9 nitrogen and oxygen atoms in total. The molecular weight excluding hydrogens is 435 g/mol. The van der Waals surface area contributed by atoms with Crippen LogP contribution in [0, 0.1) is 0 Å². The van der Waals surface area contributed by atoms with Gasteiger partial charge in [-0.15, -0.1) is 0 Å². The van der Waals surface area contributed by atoms with Gasteiger partial charge < -0.3 is 15.8 Å². The summed E-state index contributed by atoms with van der Waals surface area (Å²) in [5.41, 5.74) is 10.2. The Kier molecular flexibility index (Phi) is 8.45. The Labute approximate surface area is 181 Å². The van der Waals surface area contributed by atoms with Gasteiger partial charge in [0.2, 0.25) is 0 Å². The number of benzene rings is 2. The summed E-state index contributed by atoms with van der Waals surface area (Å²) in [7, 11) is 0. The number of urea groups is 1. The van der Waals surface area contributed by atoms with Gasteiger partial charge in [0.1, 0.15) is 0 Å². The zero-order valence-corrected chi connectivity index (χ0v) is 17.0. The van der Waals surface area contributed by atoms with Crippen molar-refractivity contribution < 1.29 is 23.9 Å². The molecule has 0 heterocycles. The molecule has 0 fully saturated rings. The van der Waals surface area contributed by atoms with Gasteiger partial charge in [0, 0.05) is 5.02 Å². The average molecular weight is 453 g/mol. The lowest BCUT2D eigenvalue weighted by atomic mass is 10.0. The van der Waals surface area contributed by atoms with Crippen molar-refractivity contribution in [1.82, 2.24) is 16.2 Å². The highest BCUT2D eigenvalue weighted by Crippen LogP contribution is 2.20. The van der Waals surface area contributed by atoms with Crippen molar-refractivity contribution in [2.75, 3.05) is 6.61 Å². The predicted octanol–water partition coefficient (Wildman–Crippen LogP) is 2.10. The minimum absolute atomic E-state index is 0.166. The summed E-state index contributed by atoms with van der Waals surface area (Å²) >= 11 is 11.7. The van der Waals surface area contributed by atoms with Crippen molar-refractivity contribution in [3.05, 3.63) is 69.7 Å². The van der Waals surface area contributed by atoms with Gasteiger partial charge in [-0.3, -0.25) is 25.2 Å². The smallest absolute Gasteiger partial charge is 0.312 e. The number of nitrogens with one attached hydrogen (secondary N) is 3. The molecular formula is C19H18Cl2N4O5. The van der Waals surface area contributed by atoms with E-state index >= 15 is 0 Å². The first-order chi connectivity index (χ1) is 14.3. The number of amides is 4. The van der Waals surface area contributed by atoms with Crippen molar-refractivity contribution in [2.45, 2.75) is 12.5 Å². The maximum absolute atomic E-state index is 12.1. The molecule has 0 aliphatic heterocycles. The number of ether oxygens (including phenoxy) is 1. The number of nitrogens with two attached hydrogens (primary N) is 1. The fraction of sp³-hybridized carbons (Fsp3) is 0.158.